The van der Waals surface area contributed by atoms with Crippen LogP contribution in [0.3, 0.4) is 0 Å². The van der Waals surface area contributed by atoms with Crippen LogP contribution in [0.15, 0.2) is 60.7 Å². The Kier molecular flexibility index (Phi) is 9.18. The molecule has 1 atom stereocenters. The maximum Gasteiger partial charge on any atom is 0.317 e. The Labute approximate surface area is 200 Å². The number of benzene rings is 2. The number of anilines is 1. The molecule has 2 amide bonds. The van der Waals surface area contributed by atoms with Gasteiger partial charge in [-0.2, -0.15) is 5.10 Å². The number of hydrogen-bond acceptors (Lipinski definition) is 4. The van der Waals surface area contributed by atoms with Gasteiger partial charge in [-0.05, 0) is 42.6 Å². The number of nitrogens with one attached hydrogen (secondary N) is 1. The number of para-hydroxylation sites is 1. The predicted octanol–water partition coefficient (Wildman–Crippen LogP) is 4.75. The van der Waals surface area contributed by atoms with Crippen LogP contribution in [-0.4, -0.2) is 54.1 Å². The molecule has 182 valence electrons. The van der Waals surface area contributed by atoms with Gasteiger partial charge in [0.2, 0.25) is 0 Å². The maximum atomic E-state index is 13.6. The van der Waals surface area contributed by atoms with Crippen molar-refractivity contribution in [1.82, 2.24) is 14.7 Å². The molecule has 1 aliphatic rings. The number of nitrogens with two attached hydrogens (primary N) is 1. The van der Waals surface area contributed by atoms with Gasteiger partial charge in [0.25, 0.3) is 0 Å². The number of aromatic nitrogens is 2. The summed E-state index contributed by atoms with van der Waals surface area (Å²) in [5.74, 6) is 1.14. The smallest absolute Gasteiger partial charge is 0.317 e. The molecule has 7 nitrogen and oxygen atoms in total. The number of carbonyl (C=O) groups is 1. The summed E-state index contributed by atoms with van der Waals surface area (Å²) in [6.07, 6.45) is 1.05. The van der Waals surface area contributed by atoms with Crippen LogP contribution < -0.4 is 11.1 Å². The molecule has 34 heavy (non-hydrogen) atoms. The first-order valence-corrected chi connectivity index (χ1v) is 11.6. The zero-order valence-electron chi connectivity index (χ0n) is 20.1. The van der Waals surface area contributed by atoms with Crippen LogP contribution in [0.25, 0.3) is 5.69 Å². The van der Waals surface area contributed by atoms with E-state index in [1.165, 1.54) is 0 Å². The minimum atomic E-state index is -0.595. The van der Waals surface area contributed by atoms with Crippen LogP contribution in [0.2, 0.25) is 0 Å². The molecule has 8 heteroatoms. The van der Waals surface area contributed by atoms with Crippen molar-refractivity contribution in [3.63, 3.8) is 0 Å². The topological polar surface area (TPSA) is 85.4 Å². The molecular weight excluding hydrogens is 433 g/mol. The summed E-state index contributed by atoms with van der Waals surface area (Å²) < 4.78 is 20.3. The number of hydrogen-bond donors (Lipinski definition) is 2. The van der Waals surface area contributed by atoms with Gasteiger partial charge in [0.1, 0.15) is 11.6 Å². The maximum absolute atomic E-state index is 13.6. The average molecular weight is 468 g/mol. The van der Waals surface area contributed by atoms with Gasteiger partial charge >= 0.3 is 6.03 Å². The Morgan fingerprint density at radius 3 is 2.56 bits per heavy atom. The zero-order valence-corrected chi connectivity index (χ0v) is 20.1. The molecule has 1 fully saturated rings. The number of ether oxygens (including phenoxy) is 1. The van der Waals surface area contributed by atoms with Gasteiger partial charge in [-0.3, -0.25) is 5.32 Å². The number of amides is 2. The second-order valence-electron chi connectivity index (χ2n) is 8.65. The minimum absolute atomic E-state index is 0.0684. The average Bonchev–Trinajstić information content (AvgIpc) is 3.46. The number of likely N-dealkylation sites (tertiary alicyclic amines) is 1. The summed E-state index contributed by atoms with van der Waals surface area (Å²) in [4.78, 5) is 13.3. The van der Waals surface area contributed by atoms with E-state index in [1.807, 2.05) is 62.4 Å². The number of urea groups is 1. The van der Waals surface area contributed by atoms with Crippen LogP contribution in [0.4, 0.5) is 15.0 Å². The fraction of sp³-hybridized carbons (Fsp3) is 0.385. The SMILES string of the molecule is CC(C)c1cc(NC(N)=O)n(-c2ccccc2)n1.COCCN1CCC(c2ccccc2F)C1. The number of primary amides is 1. The van der Waals surface area contributed by atoms with E-state index >= 15 is 0 Å². The first-order chi connectivity index (χ1) is 16.4. The van der Waals surface area contributed by atoms with Crippen molar-refractivity contribution in [2.75, 3.05) is 38.7 Å². The summed E-state index contributed by atoms with van der Waals surface area (Å²) in [5.41, 5.74) is 7.82. The number of nitrogens with zero attached hydrogens (tertiary/aromatic N) is 3. The van der Waals surface area contributed by atoms with Gasteiger partial charge in [-0.25, -0.2) is 13.9 Å². The van der Waals surface area contributed by atoms with Crippen molar-refractivity contribution in [3.05, 3.63) is 77.7 Å². The summed E-state index contributed by atoms with van der Waals surface area (Å²) in [6, 6.07) is 18.0. The van der Waals surface area contributed by atoms with E-state index in [-0.39, 0.29) is 11.7 Å². The molecule has 1 aliphatic heterocycles. The standard InChI is InChI=1S/C13H18FNO.C13H16N4O/c1-16-9-8-15-7-6-11(10-15)12-4-2-3-5-13(12)14;1-9(2)11-8-12(15-13(14)18)17(16-11)10-6-4-3-5-7-10/h2-5,11H,6-10H2,1H3;3-9H,1-2H3,(H3,14,15,18). The molecule has 2 heterocycles. The lowest BCUT2D eigenvalue weighted by atomic mass is 9.98. The van der Waals surface area contributed by atoms with Gasteiger partial charge in [-0.1, -0.05) is 50.2 Å². The summed E-state index contributed by atoms with van der Waals surface area (Å²) >= 11 is 0. The van der Waals surface area contributed by atoms with Crippen molar-refractivity contribution in [2.45, 2.75) is 32.1 Å². The molecule has 3 aromatic rings. The van der Waals surface area contributed by atoms with E-state index < -0.39 is 6.03 Å². The molecule has 4 rings (SSSR count). The molecule has 0 spiro atoms. The van der Waals surface area contributed by atoms with Crippen LogP contribution in [0.5, 0.6) is 0 Å². The van der Waals surface area contributed by atoms with Crippen LogP contribution in [0, 0.1) is 5.82 Å². The molecule has 2 aromatic carbocycles. The van der Waals surface area contributed by atoms with Gasteiger partial charge in [0, 0.05) is 32.2 Å². The lowest BCUT2D eigenvalue weighted by molar-refractivity contribution is 0.160. The lowest BCUT2D eigenvalue weighted by Crippen LogP contribution is -2.24. The molecule has 0 radical (unpaired) electrons. The minimum Gasteiger partial charge on any atom is -0.383 e. The quantitative estimate of drug-likeness (QED) is 0.525. The van der Waals surface area contributed by atoms with Gasteiger partial charge in [0.15, 0.2) is 0 Å². The second-order valence-corrected chi connectivity index (χ2v) is 8.65. The fourth-order valence-corrected chi connectivity index (χ4v) is 3.98. The van der Waals surface area contributed by atoms with Crippen LogP contribution in [-0.2, 0) is 4.74 Å². The monoisotopic (exact) mass is 467 g/mol. The highest BCUT2D eigenvalue weighted by Crippen LogP contribution is 2.28. The van der Waals surface area contributed by atoms with E-state index in [4.69, 9.17) is 10.5 Å². The number of methoxy groups -OCH3 is 1. The molecule has 0 aliphatic carbocycles. The van der Waals surface area contributed by atoms with Gasteiger partial charge < -0.3 is 15.4 Å². The molecule has 3 N–H and O–H groups in total. The fourth-order valence-electron chi connectivity index (χ4n) is 3.98. The third kappa shape index (κ3) is 6.88. The highest BCUT2D eigenvalue weighted by molar-refractivity contribution is 5.87. The number of carbonyl (C=O) groups excluding carboxylic acids is 1. The number of rotatable bonds is 7. The summed E-state index contributed by atoms with van der Waals surface area (Å²) in [6.45, 7) is 7.79. The Hall–Kier alpha value is -3.23. The summed E-state index contributed by atoms with van der Waals surface area (Å²) in [7, 11) is 1.71. The molecule has 0 bridgehead atoms. The highest BCUT2D eigenvalue weighted by Gasteiger charge is 2.25. The van der Waals surface area contributed by atoms with Gasteiger partial charge in [0.05, 0.1) is 18.0 Å². The molecular formula is C26H34FN5O2. The molecule has 1 unspecified atom stereocenters. The van der Waals surface area contributed by atoms with E-state index in [1.54, 1.807) is 23.9 Å². The molecule has 0 saturated carbocycles. The van der Waals surface area contributed by atoms with E-state index in [0.29, 0.717) is 11.7 Å². The second kappa shape index (κ2) is 12.3. The Bertz CT molecular complexity index is 1050. The largest absolute Gasteiger partial charge is 0.383 e. The Morgan fingerprint density at radius 2 is 1.91 bits per heavy atom. The van der Waals surface area contributed by atoms with Crippen molar-refractivity contribution >= 4 is 11.8 Å². The number of halogens is 1. The third-order valence-electron chi connectivity index (χ3n) is 5.80. The molecule has 1 saturated heterocycles. The highest BCUT2D eigenvalue weighted by atomic mass is 19.1. The lowest BCUT2D eigenvalue weighted by Gasteiger charge is -2.15. The zero-order chi connectivity index (χ0) is 24.5. The first kappa shape index (κ1) is 25.4. The van der Waals surface area contributed by atoms with E-state index in [9.17, 15) is 9.18 Å². The Balaban J connectivity index is 0.000000192. The van der Waals surface area contributed by atoms with E-state index in [0.717, 1.165) is 49.6 Å². The predicted molar refractivity (Wildman–Crippen MR) is 133 cm³/mol. The first-order valence-electron chi connectivity index (χ1n) is 11.6. The third-order valence-corrected chi connectivity index (χ3v) is 5.80. The Morgan fingerprint density at radius 1 is 1.21 bits per heavy atom. The summed E-state index contributed by atoms with van der Waals surface area (Å²) in [5, 5.41) is 7.07. The van der Waals surface area contributed by atoms with Crippen molar-refractivity contribution in [3.8, 4) is 5.69 Å². The van der Waals surface area contributed by atoms with Crippen LogP contribution >= 0.6 is 0 Å². The van der Waals surface area contributed by atoms with Crippen molar-refractivity contribution < 1.29 is 13.9 Å². The van der Waals surface area contributed by atoms with Crippen molar-refractivity contribution in [1.29, 1.82) is 0 Å². The molecule has 1 aromatic heterocycles. The van der Waals surface area contributed by atoms with Crippen molar-refractivity contribution in [2.24, 2.45) is 5.73 Å². The normalized spacial score (nSPS) is 15.7. The van der Waals surface area contributed by atoms with E-state index in [2.05, 4.69) is 15.3 Å². The van der Waals surface area contributed by atoms with Crippen LogP contribution in [0.1, 0.15) is 43.4 Å². The van der Waals surface area contributed by atoms with Gasteiger partial charge in [-0.15, -0.1) is 0 Å².